The molecule has 0 saturated heterocycles. The third-order valence-electron chi connectivity index (χ3n) is 5.87. The Labute approximate surface area is 187 Å². The van der Waals surface area contributed by atoms with Gasteiger partial charge in [0, 0.05) is 11.8 Å². The third-order valence-corrected chi connectivity index (χ3v) is 5.87. The summed E-state index contributed by atoms with van der Waals surface area (Å²) in [7, 11) is 3.24. The van der Waals surface area contributed by atoms with E-state index in [0.717, 1.165) is 36.0 Å². The molecule has 4 rings (SSSR count). The molecule has 1 aromatic heterocycles. The van der Waals surface area contributed by atoms with Gasteiger partial charge in [0.05, 0.1) is 39.1 Å². The molecule has 7 nitrogen and oxygen atoms in total. The average Bonchev–Trinajstić information content (AvgIpc) is 3.43. The van der Waals surface area contributed by atoms with E-state index in [1.807, 2.05) is 42.5 Å². The monoisotopic (exact) mass is 436 g/mol. The van der Waals surface area contributed by atoms with Gasteiger partial charge in [-0.2, -0.15) is 0 Å². The van der Waals surface area contributed by atoms with Crippen molar-refractivity contribution in [2.75, 3.05) is 14.2 Å². The van der Waals surface area contributed by atoms with Crippen LogP contribution >= 0.6 is 0 Å². The van der Waals surface area contributed by atoms with Gasteiger partial charge in [-0.15, -0.1) is 0 Å². The highest BCUT2D eigenvalue weighted by atomic mass is 16.5. The summed E-state index contributed by atoms with van der Waals surface area (Å²) in [6.07, 6.45) is 7.04. The molecule has 0 radical (unpaired) electrons. The maximum Gasteiger partial charge on any atom is 0.329 e. The first-order valence-corrected chi connectivity index (χ1v) is 10.8. The molecule has 0 N–H and O–H groups in total. The van der Waals surface area contributed by atoms with E-state index in [9.17, 15) is 9.59 Å². The molecular formula is C25H28N2O5. The minimum Gasteiger partial charge on any atom is -0.497 e. The number of methoxy groups -OCH3 is 2. The van der Waals surface area contributed by atoms with Gasteiger partial charge in [-0.05, 0) is 61.6 Å². The van der Waals surface area contributed by atoms with E-state index in [1.165, 1.54) is 17.4 Å². The number of aromatic nitrogens is 2. The smallest absolute Gasteiger partial charge is 0.329 e. The fourth-order valence-corrected chi connectivity index (χ4v) is 4.15. The number of carbonyl (C=O) groups excluding carboxylic acids is 1. The molecule has 7 heteroatoms. The second kappa shape index (κ2) is 9.77. The molecule has 0 aliphatic heterocycles. The Morgan fingerprint density at radius 1 is 1.00 bits per heavy atom. The van der Waals surface area contributed by atoms with Crippen molar-refractivity contribution < 1.29 is 19.0 Å². The van der Waals surface area contributed by atoms with Crippen LogP contribution in [0.5, 0.6) is 17.2 Å². The Hall–Kier alpha value is -3.48. The van der Waals surface area contributed by atoms with Crippen molar-refractivity contribution in [2.45, 2.75) is 44.9 Å². The lowest BCUT2D eigenvalue weighted by molar-refractivity contribution is -0.108. The van der Waals surface area contributed by atoms with Crippen LogP contribution in [0.15, 0.2) is 53.5 Å². The number of benzene rings is 2. The molecule has 1 fully saturated rings. The Kier molecular flexibility index (Phi) is 6.63. The van der Waals surface area contributed by atoms with Crippen molar-refractivity contribution in [1.29, 1.82) is 0 Å². The summed E-state index contributed by atoms with van der Waals surface area (Å²) in [5.41, 5.74) is 2.26. The lowest BCUT2D eigenvalue weighted by atomic mass is 10.1. The highest BCUT2D eigenvalue weighted by Crippen LogP contribution is 2.35. The van der Waals surface area contributed by atoms with Crippen molar-refractivity contribution in [1.82, 2.24) is 9.13 Å². The van der Waals surface area contributed by atoms with Gasteiger partial charge < -0.3 is 19.0 Å². The number of carbonyl (C=O) groups is 1. The van der Waals surface area contributed by atoms with Crippen LogP contribution in [0.2, 0.25) is 0 Å². The zero-order valence-corrected chi connectivity index (χ0v) is 18.5. The lowest BCUT2D eigenvalue weighted by Crippen LogP contribution is -2.25. The number of rotatable bonds is 9. The molecule has 0 atom stereocenters. The maximum absolute atomic E-state index is 13.1. The summed E-state index contributed by atoms with van der Waals surface area (Å²) in [4.78, 5) is 24.2. The number of nitrogens with zero attached hydrogens (tertiary/aromatic N) is 2. The number of ether oxygens (including phenoxy) is 3. The van der Waals surface area contributed by atoms with Crippen LogP contribution in [0, 0.1) is 0 Å². The number of hydrogen-bond donors (Lipinski definition) is 0. The molecule has 0 spiro atoms. The molecule has 2 aromatic carbocycles. The fourth-order valence-electron chi connectivity index (χ4n) is 4.15. The van der Waals surface area contributed by atoms with E-state index in [-0.39, 0.29) is 18.3 Å². The van der Waals surface area contributed by atoms with E-state index >= 15 is 0 Å². The van der Waals surface area contributed by atoms with Gasteiger partial charge in [-0.25, -0.2) is 4.79 Å². The standard InChI is InChI=1S/C25H28N2O5/c1-30-20-10-7-18(8-11-20)16-27-22(17-26(13-14-28)25(27)29)19-9-12-23(31-2)24(15-19)32-21-5-3-4-6-21/h7-12,14-15,17,21H,3-6,13,16H2,1-2H3. The van der Waals surface area contributed by atoms with E-state index in [0.29, 0.717) is 23.7 Å². The van der Waals surface area contributed by atoms with Crippen LogP contribution < -0.4 is 19.9 Å². The van der Waals surface area contributed by atoms with Gasteiger partial charge in [-0.3, -0.25) is 9.13 Å². The predicted octanol–water partition coefficient (Wildman–Crippen LogP) is 3.90. The number of hydrogen-bond acceptors (Lipinski definition) is 5. The van der Waals surface area contributed by atoms with Crippen LogP contribution in [-0.2, 0) is 17.9 Å². The topological polar surface area (TPSA) is 71.7 Å². The zero-order chi connectivity index (χ0) is 22.5. The molecule has 0 unspecified atom stereocenters. The van der Waals surface area contributed by atoms with Crippen molar-refractivity contribution >= 4 is 6.29 Å². The Morgan fingerprint density at radius 3 is 2.41 bits per heavy atom. The highest BCUT2D eigenvalue weighted by molar-refractivity contribution is 5.64. The minimum atomic E-state index is -0.239. The first-order chi connectivity index (χ1) is 15.6. The van der Waals surface area contributed by atoms with Crippen LogP contribution in [0.25, 0.3) is 11.3 Å². The average molecular weight is 437 g/mol. The zero-order valence-electron chi connectivity index (χ0n) is 18.5. The van der Waals surface area contributed by atoms with E-state index in [2.05, 4.69) is 0 Å². The molecule has 1 heterocycles. The van der Waals surface area contributed by atoms with E-state index in [4.69, 9.17) is 14.2 Å². The molecular weight excluding hydrogens is 408 g/mol. The Bertz CT molecular complexity index is 1120. The second-order valence-electron chi connectivity index (χ2n) is 7.94. The summed E-state index contributed by atoms with van der Waals surface area (Å²) in [6.45, 7) is 0.373. The van der Waals surface area contributed by atoms with Gasteiger partial charge in [0.25, 0.3) is 0 Å². The van der Waals surface area contributed by atoms with Crippen molar-refractivity contribution in [3.05, 3.63) is 64.7 Å². The summed E-state index contributed by atoms with van der Waals surface area (Å²) < 4.78 is 20.1. The summed E-state index contributed by atoms with van der Waals surface area (Å²) in [5, 5.41) is 0. The molecule has 168 valence electrons. The van der Waals surface area contributed by atoms with Crippen LogP contribution in [0.3, 0.4) is 0 Å². The molecule has 1 aliphatic carbocycles. The third kappa shape index (κ3) is 4.56. The molecule has 3 aromatic rings. The molecule has 0 amide bonds. The van der Waals surface area contributed by atoms with Crippen LogP contribution in [0.1, 0.15) is 31.2 Å². The molecule has 1 saturated carbocycles. The SMILES string of the molecule is COc1ccc(Cn2c(-c3ccc(OC)c(OC4CCCC4)c3)cn(CC=O)c2=O)cc1. The molecule has 0 bridgehead atoms. The normalized spacial score (nSPS) is 13.8. The van der Waals surface area contributed by atoms with Gasteiger partial charge in [0.15, 0.2) is 11.5 Å². The van der Waals surface area contributed by atoms with Gasteiger partial charge in [0.1, 0.15) is 12.0 Å². The van der Waals surface area contributed by atoms with Crippen LogP contribution in [-0.4, -0.2) is 35.7 Å². The minimum absolute atomic E-state index is 0.00301. The Morgan fingerprint density at radius 2 is 1.75 bits per heavy atom. The molecule has 32 heavy (non-hydrogen) atoms. The van der Waals surface area contributed by atoms with Gasteiger partial charge in [0.2, 0.25) is 0 Å². The van der Waals surface area contributed by atoms with Crippen molar-refractivity contribution in [3.63, 3.8) is 0 Å². The first kappa shape index (κ1) is 21.7. The number of aldehydes is 1. The number of imidazole rings is 1. The Balaban J connectivity index is 1.73. The first-order valence-electron chi connectivity index (χ1n) is 10.8. The van der Waals surface area contributed by atoms with E-state index in [1.54, 1.807) is 25.0 Å². The lowest BCUT2D eigenvalue weighted by Gasteiger charge is -2.17. The van der Waals surface area contributed by atoms with Crippen molar-refractivity contribution in [2.24, 2.45) is 0 Å². The van der Waals surface area contributed by atoms with Crippen LogP contribution in [0.4, 0.5) is 0 Å². The van der Waals surface area contributed by atoms with Crippen molar-refractivity contribution in [3.8, 4) is 28.5 Å². The quantitative estimate of drug-likeness (QED) is 0.476. The largest absolute Gasteiger partial charge is 0.497 e. The van der Waals surface area contributed by atoms with E-state index < -0.39 is 0 Å². The fraction of sp³-hybridized carbons (Fsp3) is 0.360. The second-order valence-corrected chi connectivity index (χ2v) is 7.94. The maximum atomic E-state index is 13.1. The van der Waals surface area contributed by atoms with Gasteiger partial charge in [-0.1, -0.05) is 12.1 Å². The summed E-state index contributed by atoms with van der Waals surface area (Å²) >= 11 is 0. The van der Waals surface area contributed by atoms with Gasteiger partial charge >= 0.3 is 5.69 Å². The summed E-state index contributed by atoms with van der Waals surface area (Å²) in [6, 6.07) is 13.3. The highest BCUT2D eigenvalue weighted by Gasteiger charge is 2.20. The molecule has 1 aliphatic rings. The predicted molar refractivity (Wildman–Crippen MR) is 122 cm³/mol. The summed E-state index contributed by atoms with van der Waals surface area (Å²) in [5.74, 6) is 2.09.